The molecule has 0 aliphatic heterocycles. The summed E-state index contributed by atoms with van der Waals surface area (Å²) < 4.78 is 30.0. The molecule has 0 rings (SSSR count). The molecule has 5 nitrogen and oxygen atoms in total. The zero-order valence-corrected chi connectivity index (χ0v) is 9.51. The predicted octanol–water partition coefficient (Wildman–Crippen LogP) is -0.287. The highest BCUT2D eigenvalue weighted by molar-refractivity contribution is 7.90. The van der Waals surface area contributed by atoms with Gasteiger partial charge in [0.05, 0.1) is 11.9 Å². The fourth-order valence-electron chi connectivity index (χ4n) is 0.773. The highest BCUT2D eigenvalue weighted by Crippen LogP contribution is 1.96. The van der Waals surface area contributed by atoms with Crippen molar-refractivity contribution in [1.29, 1.82) is 0 Å². The third-order valence-electron chi connectivity index (χ3n) is 1.76. The number of aliphatic hydroxyl groups is 1. The van der Waals surface area contributed by atoms with Gasteiger partial charge in [0.15, 0.2) is 0 Å². The van der Waals surface area contributed by atoms with Crippen LogP contribution in [0.4, 0.5) is 0 Å². The van der Waals surface area contributed by atoms with Crippen LogP contribution >= 0.6 is 0 Å². The molecule has 0 fully saturated rings. The van der Waals surface area contributed by atoms with Gasteiger partial charge in [-0.2, -0.15) is 0 Å². The molecule has 0 radical (unpaired) electrons. The molecule has 0 aromatic heterocycles. The Morgan fingerprint density at radius 3 is 2.64 bits per heavy atom. The standard InChI is InChI=1S/C8H19NO4S/c1-3-13-6-4-5-9-14(11,12)8(2)7-10/h8-10H,3-7H2,1-2H3. The molecule has 0 heterocycles. The highest BCUT2D eigenvalue weighted by Gasteiger charge is 2.18. The van der Waals surface area contributed by atoms with E-state index in [1.54, 1.807) is 0 Å². The summed E-state index contributed by atoms with van der Waals surface area (Å²) in [6, 6.07) is 0. The number of sulfonamides is 1. The van der Waals surface area contributed by atoms with E-state index in [1.807, 2.05) is 6.92 Å². The van der Waals surface area contributed by atoms with E-state index in [1.165, 1.54) is 6.92 Å². The molecule has 0 aliphatic rings. The van der Waals surface area contributed by atoms with Gasteiger partial charge in [-0.3, -0.25) is 0 Å². The van der Waals surface area contributed by atoms with Crippen molar-refractivity contribution >= 4 is 10.0 Å². The molecule has 0 aromatic rings. The van der Waals surface area contributed by atoms with E-state index in [0.29, 0.717) is 26.2 Å². The number of rotatable bonds is 8. The van der Waals surface area contributed by atoms with Gasteiger partial charge in [-0.1, -0.05) is 0 Å². The summed E-state index contributed by atoms with van der Waals surface area (Å²) in [7, 11) is -3.35. The van der Waals surface area contributed by atoms with Crippen molar-refractivity contribution in [2.24, 2.45) is 0 Å². The van der Waals surface area contributed by atoms with Gasteiger partial charge in [0.2, 0.25) is 10.0 Å². The zero-order chi connectivity index (χ0) is 11.0. The first kappa shape index (κ1) is 13.8. The number of hydrogen-bond acceptors (Lipinski definition) is 4. The third kappa shape index (κ3) is 5.54. The van der Waals surface area contributed by atoms with Crippen molar-refractivity contribution in [3.05, 3.63) is 0 Å². The average molecular weight is 225 g/mol. The fourth-order valence-corrected chi connectivity index (χ4v) is 1.68. The lowest BCUT2D eigenvalue weighted by Gasteiger charge is -2.10. The minimum absolute atomic E-state index is 0.354. The van der Waals surface area contributed by atoms with Gasteiger partial charge < -0.3 is 9.84 Å². The SMILES string of the molecule is CCOCCCNS(=O)(=O)C(C)CO. The van der Waals surface area contributed by atoms with Gasteiger partial charge in [-0.25, -0.2) is 13.1 Å². The molecule has 0 amide bonds. The van der Waals surface area contributed by atoms with Gasteiger partial charge in [-0.05, 0) is 20.3 Å². The van der Waals surface area contributed by atoms with Gasteiger partial charge in [-0.15, -0.1) is 0 Å². The van der Waals surface area contributed by atoms with E-state index in [0.717, 1.165) is 0 Å². The van der Waals surface area contributed by atoms with Crippen LogP contribution in [0.1, 0.15) is 20.3 Å². The molecule has 14 heavy (non-hydrogen) atoms. The maximum Gasteiger partial charge on any atom is 0.216 e. The Bertz CT molecular complexity index is 227. The summed E-state index contributed by atoms with van der Waals surface area (Å²) >= 11 is 0. The van der Waals surface area contributed by atoms with Crippen molar-refractivity contribution in [1.82, 2.24) is 4.72 Å². The second-order valence-electron chi connectivity index (χ2n) is 2.98. The van der Waals surface area contributed by atoms with E-state index in [9.17, 15) is 8.42 Å². The largest absolute Gasteiger partial charge is 0.395 e. The number of aliphatic hydroxyl groups excluding tert-OH is 1. The number of nitrogens with one attached hydrogen (secondary N) is 1. The summed E-state index contributed by atoms with van der Waals surface area (Å²) in [5.74, 6) is 0. The average Bonchev–Trinajstić information content (AvgIpc) is 2.16. The van der Waals surface area contributed by atoms with Crippen LogP contribution < -0.4 is 4.72 Å². The zero-order valence-electron chi connectivity index (χ0n) is 8.69. The van der Waals surface area contributed by atoms with Crippen LogP contribution in [0.2, 0.25) is 0 Å². The fraction of sp³-hybridized carbons (Fsp3) is 1.00. The Morgan fingerprint density at radius 1 is 1.50 bits per heavy atom. The van der Waals surface area contributed by atoms with Crippen LogP contribution in [0.5, 0.6) is 0 Å². The topological polar surface area (TPSA) is 75.6 Å². The Kier molecular flexibility index (Phi) is 7.08. The monoisotopic (exact) mass is 225 g/mol. The van der Waals surface area contributed by atoms with Crippen molar-refractivity contribution < 1.29 is 18.3 Å². The molecular formula is C8H19NO4S. The summed E-state index contributed by atoms with van der Waals surface area (Å²) in [4.78, 5) is 0. The minimum atomic E-state index is -3.35. The minimum Gasteiger partial charge on any atom is -0.395 e. The molecule has 0 bridgehead atoms. The highest BCUT2D eigenvalue weighted by atomic mass is 32.2. The molecule has 2 N–H and O–H groups in total. The normalized spacial score (nSPS) is 14.2. The van der Waals surface area contributed by atoms with E-state index >= 15 is 0 Å². The lowest BCUT2D eigenvalue weighted by Crippen LogP contribution is -2.35. The summed E-state index contributed by atoms with van der Waals surface area (Å²) in [5.41, 5.74) is 0. The maximum absolute atomic E-state index is 11.3. The molecular weight excluding hydrogens is 206 g/mol. The Balaban J connectivity index is 3.67. The smallest absolute Gasteiger partial charge is 0.216 e. The second-order valence-corrected chi connectivity index (χ2v) is 5.17. The van der Waals surface area contributed by atoms with Crippen LogP contribution in [0.25, 0.3) is 0 Å². The first-order valence-corrected chi connectivity index (χ1v) is 6.26. The van der Waals surface area contributed by atoms with Crippen LogP contribution in [0.3, 0.4) is 0 Å². The summed E-state index contributed by atoms with van der Waals surface area (Å²) in [5, 5.41) is 7.91. The second kappa shape index (κ2) is 7.17. The first-order valence-electron chi connectivity index (χ1n) is 4.71. The molecule has 1 unspecified atom stereocenters. The Labute approximate surface area is 85.5 Å². The molecule has 1 atom stereocenters. The molecule has 6 heteroatoms. The molecule has 86 valence electrons. The quantitative estimate of drug-likeness (QED) is 0.557. The number of hydrogen-bond donors (Lipinski definition) is 2. The molecule has 0 saturated heterocycles. The number of ether oxygens (including phenoxy) is 1. The Hall–Kier alpha value is -0.170. The molecule has 0 spiro atoms. The van der Waals surface area contributed by atoms with Crippen molar-refractivity contribution in [2.45, 2.75) is 25.5 Å². The van der Waals surface area contributed by atoms with Crippen molar-refractivity contribution in [3.8, 4) is 0 Å². The van der Waals surface area contributed by atoms with Crippen LogP contribution in [-0.4, -0.2) is 45.1 Å². The van der Waals surface area contributed by atoms with Crippen LogP contribution in [-0.2, 0) is 14.8 Å². The summed E-state index contributed by atoms with van der Waals surface area (Å²) in [6.07, 6.45) is 0.644. The lowest BCUT2D eigenvalue weighted by molar-refractivity contribution is 0.146. The third-order valence-corrected chi connectivity index (χ3v) is 3.57. The van der Waals surface area contributed by atoms with Crippen LogP contribution in [0, 0.1) is 0 Å². The van der Waals surface area contributed by atoms with Gasteiger partial charge >= 0.3 is 0 Å². The van der Waals surface area contributed by atoms with E-state index in [4.69, 9.17) is 9.84 Å². The molecule has 0 aliphatic carbocycles. The van der Waals surface area contributed by atoms with E-state index < -0.39 is 15.3 Å². The maximum atomic E-state index is 11.3. The predicted molar refractivity (Wildman–Crippen MR) is 54.6 cm³/mol. The van der Waals surface area contributed by atoms with Crippen molar-refractivity contribution in [2.75, 3.05) is 26.4 Å². The lowest BCUT2D eigenvalue weighted by atomic mass is 10.5. The first-order chi connectivity index (χ1) is 6.54. The van der Waals surface area contributed by atoms with Gasteiger partial charge in [0.25, 0.3) is 0 Å². The molecule has 0 saturated carbocycles. The van der Waals surface area contributed by atoms with Gasteiger partial charge in [0, 0.05) is 19.8 Å². The van der Waals surface area contributed by atoms with E-state index in [2.05, 4.69) is 4.72 Å². The van der Waals surface area contributed by atoms with Crippen LogP contribution in [0.15, 0.2) is 0 Å². The molecule has 0 aromatic carbocycles. The summed E-state index contributed by atoms with van der Waals surface area (Å²) in [6.45, 7) is 4.53. The Morgan fingerprint density at radius 2 is 2.14 bits per heavy atom. The van der Waals surface area contributed by atoms with E-state index in [-0.39, 0.29) is 6.61 Å². The van der Waals surface area contributed by atoms with Gasteiger partial charge in [0.1, 0.15) is 0 Å². The van der Waals surface area contributed by atoms with Crippen molar-refractivity contribution in [3.63, 3.8) is 0 Å².